The van der Waals surface area contributed by atoms with Crippen molar-refractivity contribution < 1.29 is 27.4 Å². The van der Waals surface area contributed by atoms with Crippen LogP contribution in [0.4, 0.5) is 0 Å². The van der Waals surface area contributed by atoms with E-state index in [2.05, 4.69) is 4.72 Å². The molecule has 0 unspecified atom stereocenters. The van der Waals surface area contributed by atoms with Crippen LogP contribution in [-0.4, -0.2) is 28.4 Å². The minimum absolute atomic E-state index is 0.116. The lowest BCUT2D eigenvalue weighted by Gasteiger charge is -2.13. The van der Waals surface area contributed by atoms with E-state index < -0.39 is 10.0 Å². The fraction of sp³-hybridized carbons (Fsp3) is 0.333. The Morgan fingerprint density at radius 3 is 2.46 bits per heavy atom. The Bertz CT molecular complexity index is 881. The van der Waals surface area contributed by atoms with E-state index in [1.54, 1.807) is 24.3 Å². The number of ether oxygens (including phenoxy) is 4. The molecule has 1 heterocycles. The summed E-state index contributed by atoms with van der Waals surface area (Å²) in [4.78, 5) is 0.116. The zero-order chi connectivity index (χ0) is 18.6. The number of rotatable bonds is 8. The second-order valence-electron chi connectivity index (χ2n) is 5.49. The lowest BCUT2D eigenvalue weighted by molar-refractivity contribution is 0.174. The van der Waals surface area contributed by atoms with Gasteiger partial charge in [-0.3, -0.25) is 0 Å². The standard InChI is InChI=1S/C18H21NO6S/c1-3-22-15-8-6-14(10-18(15)23-4-2)26(20,21)19-11-13-5-7-16-17(9-13)25-12-24-16/h5-10,19H,3-4,11-12H2,1-2H3. The Morgan fingerprint density at radius 2 is 1.69 bits per heavy atom. The van der Waals surface area contributed by atoms with Gasteiger partial charge < -0.3 is 18.9 Å². The van der Waals surface area contributed by atoms with Gasteiger partial charge in [0.05, 0.1) is 18.1 Å². The van der Waals surface area contributed by atoms with Crippen LogP contribution in [0, 0.1) is 0 Å². The molecule has 26 heavy (non-hydrogen) atoms. The number of sulfonamides is 1. The number of hydrogen-bond donors (Lipinski definition) is 1. The molecular weight excluding hydrogens is 358 g/mol. The van der Waals surface area contributed by atoms with Gasteiger partial charge in [0.2, 0.25) is 16.8 Å². The highest BCUT2D eigenvalue weighted by Gasteiger charge is 2.18. The van der Waals surface area contributed by atoms with Crippen LogP contribution in [0.2, 0.25) is 0 Å². The largest absolute Gasteiger partial charge is 0.490 e. The van der Waals surface area contributed by atoms with Crippen molar-refractivity contribution >= 4 is 10.0 Å². The van der Waals surface area contributed by atoms with Gasteiger partial charge in [0.25, 0.3) is 0 Å². The van der Waals surface area contributed by atoms with Gasteiger partial charge >= 0.3 is 0 Å². The third-order valence-electron chi connectivity index (χ3n) is 3.73. The molecule has 1 N–H and O–H groups in total. The molecule has 7 nitrogen and oxygen atoms in total. The smallest absolute Gasteiger partial charge is 0.241 e. The lowest BCUT2D eigenvalue weighted by Crippen LogP contribution is -2.23. The van der Waals surface area contributed by atoms with Gasteiger partial charge in [-0.15, -0.1) is 0 Å². The van der Waals surface area contributed by atoms with Crippen molar-refractivity contribution in [3.05, 3.63) is 42.0 Å². The molecule has 0 bridgehead atoms. The molecule has 140 valence electrons. The van der Waals surface area contributed by atoms with Crippen LogP contribution in [0.1, 0.15) is 19.4 Å². The van der Waals surface area contributed by atoms with Crippen molar-refractivity contribution in [1.29, 1.82) is 0 Å². The summed E-state index contributed by atoms with van der Waals surface area (Å²) >= 11 is 0. The summed E-state index contributed by atoms with van der Waals surface area (Å²) in [5.74, 6) is 2.19. The van der Waals surface area contributed by atoms with E-state index in [0.29, 0.717) is 36.2 Å². The second kappa shape index (κ2) is 7.84. The van der Waals surface area contributed by atoms with E-state index in [4.69, 9.17) is 18.9 Å². The zero-order valence-electron chi connectivity index (χ0n) is 14.7. The minimum atomic E-state index is -3.70. The van der Waals surface area contributed by atoms with Crippen LogP contribution < -0.4 is 23.7 Å². The minimum Gasteiger partial charge on any atom is -0.490 e. The highest BCUT2D eigenvalue weighted by atomic mass is 32.2. The average molecular weight is 379 g/mol. The molecule has 0 amide bonds. The molecule has 2 aromatic carbocycles. The van der Waals surface area contributed by atoms with Crippen molar-refractivity contribution in [2.75, 3.05) is 20.0 Å². The number of nitrogens with one attached hydrogen (secondary N) is 1. The SMILES string of the molecule is CCOc1ccc(S(=O)(=O)NCc2ccc3c(c2)OCO3)cc1OCC. The molecule has 3 rings (SSSR count). The molecule has 0 radical (unpaired) electrons. The van der Waals surface area contributed by atoms with Crippen LogP contribution in [-0.2, 0) is 16.6 Å². The quantitative estimate of drug-likeness (QED) is 0.759. The third kappa shape index (κ3) is 4.03. The first-order valence-corrected chi connectivity index (χ1v) is 9.79. The summed E-state index contributed by atoms with van der Waals surface area (Å²) < 4.78 is 49.3. The van der Waals surface area contributed by atoms with Gasteiger partial charge in [-0.1, -0.05) is 6.07 Å². The maximum atomic E-state index is 12.6. The lowest BCUT2D eigenvalue weighted by atomic mass is 10.2. The van der Waals surface area contributed by atoms with Crippen molar-refractivity contribution in [3.8, 4) is 23.0 Å². The van der Waals surface area contributed by atoms with Crippen molar-refractivity contribution in [3.63, 3.8) is 0 Å². The predicted molar refractivity (Wildman–Crippen MR) is 95.4 cm³/mol. The predicted octanol–water partition coefficient (Wildman–Crippen LogP) is 2.69. The van der Waals surface area contributed by atoms with Crippen molar-refractivity contribution in [2.45, 2.75) is 25.3 Å². The Kier molecular flexibility index (Phi) is 5.53. The Morgan fingerprint density at radius 1 is 0.962 bits per heavy atom. The average Bonchev–Trinajstić information content (AvgIpc) is 3.09. The van der Waals surface area contributed by atoms with Gasteiger partial charge in [-0.05, 0) is 43.7 Å². The van der Waals surface area contributed by atoms with Crippen molar-refractivity contribution in [2.24, 2.45) is 0 Å². The number of benzene rings is 2. The van der Waals surface area contributed by atoms with E-state index in [-0.39, 0.29) is 18.2 Å². The van der Waals surface area contributed by atoms with Gasteiger partial charge in [-0.2, -0.15) is 0 Å². The van der Waals surface area contributed by atoms with E-state index in [1.807, 2.05) is 13.8 Å². The number of hydrogen-bond acceptors (Lipinski definition) is 6. The fourth-order valence-electron chi connectivity index (χ4n) is 2.51. The Hall–Kier alpha value is -2.45. The molecule has 1 aliphatic rings. The van der Waals surface area contributed by atoms with Gasteiger partial charge in [-0.25, -0.2) is 13.1 Å². The highest BCUT2D eigenvalue weighted by molar-refractivity contribution is 7.89. The van der Waals surface area contributed by atoms with Crippen LogP contribution in [0.15, 0.2) is 41.3 Å². The summed E-state index contributed by atoms with van der Waals surface area (Å²) in [5.41, 5.74) is 0.772. The third-order valence-corrected chi connectivity index (χ3v) is 5.13. The molecule has 0 saturated heterocycles. The molecular formula is C18H21NO6S. The molecule has 2 aromatic rings. The first-order valence-electron chi connectivity index (χ1n) is 8.31. The summed E-state index contributed by atoms with van der Waals surface area (Å²) in [6.45, 7) is 4.87. The van der Waals surface area contributed by atoms with Crippen LogP contribution in [0.5, 0.6) is 23.0 Å². The maximum Gasteiger partial charge on any atom is 0.241 e. The molecule has 0 saturated carbocycles. The second-order valence-corrected chi connectivity index (χ2v) is 7.25. The van der Waals surface area contributed by atoms with Crippen LogP contribution in [0.3, 0.4) is 0 Å². The van der Waals surface area contributed by atoms with E-state index in [1.165, 1.54) is 12.1 Å². The highest BCUT2D eigenvalue weighted by Crippen LogP contribution is 2.33. The topological polar surface area (TPSA) is 83.1 Å². The van der Waals surface area contributed by atoms with Crippen molar-refractivity contribution in [1.82, 2.24) is 4.72 Å². The van der Waals surface area contributed by atoms with Gasteiger partial charge in [0, 0.05) is 12.6 Å². The first kappa shape index (κ1) is 18.3. The van der Waals surface area contributed by atoms with E-state index in [9.17, 15) is 8.42 Å². The van der Waals surface area contributed by atoms with Crippen LogP contribution >= 0.6 is 0 Å². The molecule has 0 atom stereocenters. The number of fused-ring (bicyclic) bond motifs is 1. The summed E-state index contributed by atoms with van der Waals surface area (Å²) in [7, 11) is -3.70. The molecule has 8 heteroatoms. The van der Waals surface area contributed by atoms with Gasteiger partial charge in [0.15, 0.2) is 23.0 Å². The Balaban J connectivity index is 1.76. The Labute approximate surface area is 152 Å². The van der Waals surface area contributed by atoms with E-state index >= 15 is 0 Å². The summed E-state index contributed by atoms with van der Waals surface area (Å²) in [5, 5.41) is 0. The molecule has 0 spiro atoms. The first-order chi connectivity index (χ1) is 12.5. The van der Waals surface area contributed by atoms with Gasteiger partial charge in [0.1, 0.15) is 0 Å². The normalized spacial score (nSPS) is 12.8. The fourth-order valence-corrected chi connectivity index (χ4v) is 3.54. The molecule has 1 aliphatic heterocycles. The molecule has 0 fully saturated rings. The zero-order valence-corrected chi connectivity index (χ0v) is 15.5. The summed E-state index contributed by atoms with van der Waals surface area (Å²) in [6, 6.07) is 9.88. The molecule has 0 aliphatic carbocycles. The monoisotopic (exact) mass is 379 g/mol. The van der Waals surface area contributed by atoms with E-state index in [0.717, 1.165) is 5.56 Å². The summed E-state index contributed by atoms with van der Waals surface area (Å²) in [6.07, 6.45) is 0. The molecule has 0 aromatic heterocycles. The maximum absolute atomic E-state index is 12.6. The van der Waals surface area contributed by atoms with Crippen LogP contribution in [0.25, 0.3) is 0 Å².